The number of carbonyl (C=O) groups is 1. The maximum atomic E-state index is 13.4. The van der Waals surface area contributed by atoms with Gasteiger partial charge in [-0.15, -0.1) is 0 Å². The Morgan fingerprint density at radius 3 is 2.38 bits per heavy atom. The van der Waals surface area contributed by atoms with Gasteiger partial charge in [-0.3, -0.25) is 9.59 Å². The van der Waals surface area contributed by atoms with Gasteiger partial charge in [-0.25, -0.2) is 17.8 Å². The van der Waals surface area contributed by atoms with Crippen molar-refractivity contribution in [2.75, 3.05) is 11.9 Å². The fourth-order valence-electron chi connectivity index (χ4n) is 3.70. The average molecular weight is 521 g/mol. The summed E-state index contributed by atoms with van der Waals surface area (Å²) >= 11 is 0. The fourth-order valence-corrected chi connectivity index (χ4v) is 5.08. The average Bonchev–Trinajstić information content (AvgIpc) is 2.85. The molecule has 4 rings (SSSR count). The Morgan fingerprint density at radius 2 is 1.70 bits per heavy atom. The Labute approximate surface area is 213 Å². The van der Waals surface area contributed by atoms with Crippen molar-refractivity contribution in [3.63, 3.8) is 0 Å². The van der Waals surface area contributed by atoms with E-state index in [0.717, 1.165) is 9.87 Å². The molecule has 0 atom stereocenters. The van der Waals surface area contributed by atoms with E-state index < -0.39 is 28.3 Å². The summed E-state index contributed by atoms with van der Waals surface area (Å²) in [4.78, 5) is 31.8. The summed E-state index contributed by atoms with van der Waals surface area (Å²) in [5.74, 6) is -0.666. The van der Waals surface area contributed by atoms with E-state index in [0.29, 0.717) is 28.3 Å². The number of nitrogens with one attached hydrogen (secondary N) is 2. The lowest BCUT2D eigenvalue weighted by Crippen LogP contribution is -2.37. The predicted octanol–water partition coefficient (Wildman–Crippen LogP) is 4.02. The number of aromatic amines is 1. The van der Waals surface area contributed by atoms with Crippen LogP contribution in [0.15, 0.2) is 88.6 Å². The van der Waals surface area contributed by atoms with Gasteiger partial charge in [-0.2, -0.15) is 4.31 Å². The lowest BCUT2D eigenvalue weighted by Gasteiger charge is -2.22. The topological polar surface area (TPSA) is 112 Å². The summed E-state index contributed by atoms with van der Waals surface area (Å²) < 4.78 is 41.3. The Kier molecular flexibility index (Phi) is 7.61. The van der Waals surface area contributed by atoms with Crippen LogP contribution in [-0.4, -0.2) is 35.1 Å². The van der Waals surface area contributed by atoms with Gasteiger partial charge >= 0.3 is 0 Å². The number of rotatable bonds is 8. The molecule has 10 heteroatoms. The van der Waals surface area contributed by atoms with E-state index in [9.17, 15) is 22.4 Å². The Bertz CT molecular complexity index is 1580. The summed E-state index contributed by atoms with van der Waals surface area (Å²) in [6, 6.07) is 19.8. The zero-order valence-electron chi connectivity index (χ0n) is 20.2. The van der Waals surface area contributed by atoms with Crippen LogP contribution in [0.5, 0.6) is 0 Å². The number of hydrogen-bond donors (Lipinski definition) is 2. The first-order valence-electron chi connectivity index (χ1n) is 11.4. The quantitative estimate of drug-likeness (QED) is 0.364. The molecule has 0 unspecified atom stereocenters. The highest BCUT2D eigenvalue weighted by molar-refractivity contribution is 7.89. The lowest BCUT2D eigenvalue weighted by atomic mass is 10.2. The van der Waals surface area contributed by atoms with Gasteiger partial charge in [0.2, 0.25) is 15.9 Å². The second-order valence-electron chi connectivity index (χ2n) is 8.58. The number of H-pyrrole nitrogens is 1. The molecule has 0 aliphatic heterocycles. The minimum atomic E-state index is -4.05. The first-order chi connectivity index (χ1) is 17.6. The lowest BCUT2D eigenvalue weighted by molar-refractivity contribution is -0.116. The minimum Gasteiger partial charge on any atom is -0.325 e. The molecule has 1 heterocycles. The smallest absolute Gasteiger partial charge is 0.251 e. The van der Waals surface area contributed by atoms with Gasteiger partial charge < -0.3 is 10.3 Å². The highest BCUT2D eigenvalue weighted by Crippen LogP contribution is 2.21. The number of hydrogen-bond acceptors (Lipinski definition) is 5. The van der Waals surface area contributed by atoms with Crippen molar-refractivity contribution in [1.82, 2.24) is 14.3 Å². The molecule has 0 fully saturated rings. The van der Waals surface area contributed by atoms with Crippen LogP contribution in [-0.2, 0) is 21.4 Å². The summed E-state index contributed by atoms with van der Waals surface area (Å²) in [6.07, 6.45) is 0. The molecule has 0 bridgehead atoms. The van der Waals surface area contributed by atoms with Crippen molar-refractivity contribution in [2.24, 2.45) is 0 Å². The molecule has 3 aromatic carbocycles. The van der Waals surface area contributed by atoms with E-state index in [1.807, 2.05) is 6.92 Å². The Balaban J connectivity index is 1.58. The molecular weight excluding hydrogens is 495 g/mol. The molecule has 0 saturated heterocycles. The Hall–Kier alpha value is -4.15. The number of sulfonamides is 1. The molecular formula is C27H25FN4O4S. The molecule has 2 N–H and O–H groups in total. The van der Waals surface area contributed by atoms with Crippen molar-refractivity contribution < 1.29 is 17.6 Å². The third-order valence-corrected chi connectivity index (χ3v) is 7.35. The third kappa shape index (κ3) is 6.54. The minimum absolute atomic E-state index is 0.0458. The number of anilines is 1. The normalized spacial score (nSPS) is 11.5. The zero-order chi connectivity index (χ0) is 26.6. The molecule has 4 aromatic rings. The first kappa shape index (κ1) is 25.9. The van der Waals surface area contributed by atoms with Crippen LogP contribution in [0.4, 0.5) is 10.1 Å². The maximum absolute atomic E-state index is 13.4. The van der Waals surface area contributed by atoms with Gasteiger partial charge in [0, 0.05) is 29.6 Å². The highest BCUT2D eigenvalue weighted by Gasteiger charge is 2.27. The number of nitrogens with zero attached hydrogens (tertiary/aromatic N) is 2. The van der Waals surface area contributed by atoms with E-state index in [4.69, 9.17) is 0 Å². The van der Waals surface area contributed by atoms with Crippen molar-refractivity contribution in [1.29, 1.82) is 0 Å². The first-order valence-corrected chi connectivity index (χ1v) is 12.8. The number of aromatic nitrogens is 2. The van der Waals surface area contributed by atoms with Gasteiger partial charge in [-0.05, 0) is 55.8 Å². The summed E-state index contributed by atoms with van der Waals surface area (Å²) in [6.45, 7) is 2.94. The van der Waals surface area contributed by atoms with Crippen LogP contribution in [0, 0.1) is 19.7 Å². The maximum Gasteiger partial charge on any atom is 0.251 e. The van der Waals surface area contributed by atoms with Gasteiger partial charge in [0.15, 0.2) is 0 Å². The number of amides is 1. The Morgan fingerprint density at radius 1 is 1.00 bits per heavy atom. The monoisotopic (exact) mass is 520 g/mol. The van der Waals surface area contributed by atoms with E-state index in [-0.39, 0.29) is 17.0 Å². The summed E-state index contributed by atoms with van der Waals surface area (Å²) in [5.41, 5.74) is 2.66. The van der Waals surface area contributed by atoms with Gasteiger partial charge in [0.25, 0.3) is 5.56 Å². The van der Waals surface area contributed by atoms with Crippen LogP contribution in [0.3, 0.4) is 0 Å². The number of halogens is 1. The van der Waals surface area contributed by atoms with Crippen LogP contribution < -0.4 is 10.9 Å². The molecule has 0 saturated carbocycles. The highest BCUT2D eigenvalue weighted by atomic mass is 32.2. The van der Waals surface area contributed by atoms with E-state index in [1.165, 1.54) is 42.5 Å². The molecule has 37 heavy (non-hydrogen) atoms. The van der Waals surface area contributed by atoms with E-state index in [1.54, 1.807) is 43.3 Å². The van der Waals surface area contributed by atoms with E-state index in [2.05, 4.69) is 15.3 Å². The summed E-state index contributed by atoms with van der Waals surface area (Å²) in [5, 5.41) is 2.71. The van der Waals surface area contributed by atoms with Gasteiger partial charge in [0.05, 0.1) is 11.4 Å². The standard InChI is InChI=1S/C27H25FN4O4S/c1-18-6-12-24(13-7-18)37(35,36)32(16-20-8-10-22(28)11-9-20)17-26(34)30-23-5-3-4-21(15-23)27-29-19(2)14-25(33)31-27/h3-15H,16-17H2,1-2H3,(H,30,34)(H,29,31,33). The molecule has 8 nitrogen and oxygen atoms in total. The third-order valence-electron chi connectivity index (χ3n) is 5.54. The SMILES string of the molecule is Cc1ccc(S(=O)(=O)N(CC(=O)Nc2cccc(-c3nc(C)cc(=O)[nH]3)c2)Cc2ccc(F)cc2)cc1. The second kappa shape index (κ2) is 10.9. The molecule has 1 aromatic heterocycles. The summed E-state index contributed by atoms with van der Waals surface area (Å²) in [7, 11) is -4.05. The van der Waals surface area contributed by atoms with Crippen molar-refractivity contribution >= 4 is 21.6 Å². The predicted molar refractivity (Wildman–Crippen MR) is 139 cm³/mol. The van der Waals surface area contributed by atoms with Crippen LogP contribution >= 0.6 is 0 Å². The molecule has 1 amide bonds. The number of aryl methyl sites for hydroxylation is 2. The zero-order valence-corrected chi connectivity index (χ0v) is 21.0. The van der Waals surface area contributed by atoms with Crippen molar-refractivity contribution in [3.8, 4) is 11.4 Å². The van der Waals surface area contributed by atoms with Crippen molar-refractivity contribution in [2.45, 2.75) is 25.3 Å². The van der Waals surface area contributed by atoms with Gasteiger partial charge in [-0.1, -0.05) is 42.0 Å². The van der Waals surface area contributed by atoms with Crippen molar-refractivity contribution in [3.05, 3.63) is 112 Å². The molecule has 0 radical (unpaired) electrons. The van der Waals surface area contributed by atoms with Crippen LogP contribution in [0.25, 0.3) is 11.4 Å². The van der Waals surface area contributed by atoms with Gasteiger partial charge in [0.1, 0.15) is 11.6 Å². The molecule has 0 aliphatic carbocycles. The fraction of sp³-hybridized carbons (Fsp3) is 0.148. The number of benzene rings is 3. The molecule has 190 valence electrons. The number of carbonyl (C=O) groups excluding carboxylic acids is 1. The van der Waals surface area contributed by atoms with Crippen LogP contribution in [0.2, 0.25) is 0 Å². The van der Waals surface area contributed by atoms with Crippen LogP contribution in [0.1, 0.15) is 16.8 Å². The van der Waals surface area contributed by atoms with E-state index >= 15 is 0 Å². The molecule has 0 aliphatic rings. The molecule has 0 spiro atoms. The second-order valence-corrected chi connectivity index (χ2v) is 10.5. The largest absolute Gasteiger partial charge is 0.325 e.